The molecular formula is C24H26ClNO2S. The number of rotatable bonds is 3. The molecule has 29 heavy (non-hydrogen) atoms. The summed E-state index contributed by atoms with van der Waals surface area (Å²) in [5, 5.41) is 0. The molecule has 3 nitrogen and oxygen atoms in total. The summed E-state index contributed by atoms with van der Waals surface area (Å²) in [4.78, 5) is 18.2. The van der Waals surface area contributed by atoms with Gasteiger partial charge in [-0.25, -0.2) is 0 Å². The van der Waals surface area contributed by atoms with Gasteiger partial charge >= 0.3 is 5.97 Å². The van der Waals surface area contributed by atoms with Crippen molar-refractivity contribution in [1.29, 1.82) is 0 Å². The molecule has 3 fully saturated rings. The van der Waals surface area contributed by atoms with Crippen LogP contribution in [-0.4, -0.2) is 17.1 Å². The zero-order valence-electron chi connectivity index (χ0n) is 16.6. The van der Waals surface area contributed by atoms with Crippen molar-refractivity contribution >= 4 is 35.0 Å². The van der Waals surface area contributed by atoms with Crippen LogP contribution in [0, 0.1) is 29.6 Å². The van der Waals surface area contributed by atoms with Gasteiger partial charge in [-0.2, -0.15) is 0 Å². The van der Waals surface area contributed by atoms with E-state index in [1.807, 2.05) is 18.3 Å². The quantitative estimate of drug-likeness (QED) is 0.526. The fourth-order valence-electron chi connectivity index (χ4n) is 5.92. The van der Waals surface area contributed by atoms with Crippen LogP contribution < -0.4 is 0 Å². The summed E-state index contributed by atoms with van der Waals surface area (Å²) < 4.78 is 6.46. The normalized spacial score (nSPS) is 34.1. The molecule has 3 aliphatic rings. The van der Waals surface area contributed by atoms with E-state index in [-0.39, 0.29) is 18.0 Å². The van der Waals surface area contributed by atoms with Gasteiger partial charge in [-0.1, -0.05) is 36.9 Å². The lowest BCUT2D eigenvalue weighted by Crippen LogP contribution is -2.42. The number of thiophene rings is 1. The zero-order valence-corrected chi connectivity index (χ0v) is 18.2. The van der Waals surface area contributed by atoms with E-state index in [0.717, 1.165) is 26.9 Å². The summed E-state index contributed by atoms with van der Waals surface area (Å²) in [6.07, 6.45) is 12.6. The maximum atomic E-state index is 12.4. The number of fused-ring (bicyclic) bond motifs is 2. The highest BCUT2D eigenvalue weighted by Gasteiger charge is 2.53. The Bertz CT molecular complexity index is 921. The van der Waals surface area contributed by atoms with Crippen LogP contribution in [0.25, 0.3) is 16.5 Å². The predicted octanol–water partition coefficient (Wildman–Crippen LogP) is 6.48. The van der Waals surface area contributed by atoms with Gasteiger partial charge in [0, 0.05) is 22.6 Å². The molecule has 0 bridgehead atoms. The Balaban J connectivity index is 1.39. The van der Waals surface area contributed by atoms with Crippen molar-refractivity contribution < 1.29 is 9.53 Å². The molecule has 1 aliphatic heterocycles. The fourth-order valence-corrected chi connectivity index (χ4v) is 6.95. The van der Waals surface area contributed by atoms with Crippen LogP contribution in [0.4, 0.5) is 0 Å². The van der Waals surface area contributed by atoms with E-state index >= 15 is 0 Å². The topological polar surface area (TPSA) is 39.2 Å². The predicted molar refractivity (Wildman–Crippen MR) is 118 cm³/mol. The summed E-state index contributed by atoms with van der Waals surface area (Å²) in [5.41, 5.74) is 2.05. The molecule has 2 aromatic rings. The Morgan fingerprint density at radius 2 is 2.07 bits per heavy atom. The molecule has 152 valence electrons. The smallest absolute Gasteiger partial charge is 0.309 e. The number of hydrogen-bond acceptors (Lipinski definition) is 4. The van der Waals surface area contributed by atoms with Crippen molar-refractivity contribution in [3.8, 4) is 10.4 Å². The number of cyclic esters (lactones) is 1. The standard InChI is InChI=1S/C24H26ClNO2S/c1-14-23-19(18-5-3-2-4-15(18)12-20(23)24(27)28-14)9-8-17-7-6-16(13-26-17)21-10-11-22(25)29-21/h6-11,13-15,18-20,23H,2-5,12H2,1H3/b9-8+/t14-,15+,18-,19+,20-,23+/m1/s1. The fraction of sp³-hybridized carbons (Fsp3) is 0.500. The molecular weight excluding hydrogens is 402 g/mol. The van der Waals surface area contributed by atoms with Crippen LogP contribution in [0.1, 0.15) is 44.7 Å². The Morgan fingerprint density at radius 3 is 2.83 bits per heavy atom. The molecule has 2 saturated carbocycles. The Labute approximate surface area is 181 Å². The summed E-state index contributed by atoms with van der Waals surface area (Å²) in [7, 11) is 0. The Kier molecular flexibility index (Phi) is 5.25. The minimum absolute atomic E-state index is 0.0175. The number of esters is 1. The number of nitrogens with zero attached hydrogens (tertiary/aromatic N) is 1. The molecule has 0 spiro atoms. The van der Waals surface area contributed by atoms with Crippen LogP contribution in [-0.2, 0) is 9.53 Å². The van der Waals surface area contributed by atoms with E-state index in [9.17, 15) is 4.79 Å². The first-order chi connectivity index (χ1) is 14.1. The third-order valence-corrected chi connectivity index (χ3v) is 8.49. The molecule has 1 saturated heterocycles. The summed E-state index contributed by atoms with van der Waals surface area (Å²) >= 11 is 7.62. The summed E-state index contributed by atoms with van der Waals surface area (Å²) in [5.74, 6) is 2.16. The molecule has 5 rings (SSSR count). The molecule has 0 N–H and O–H groups in total. The van der Waals surface area contributed by atoms with Crippen molar-refractivity contribution in [3.63, 3.8) is 0 Å². The van der Waals surface area contributed by atoms with Crippen LogP contribution in [0.5, 0.6) is 0 Å². The Morgan fingerprint density at radius 1 is 1.21 bits per heavy atom. The SMILES string of the molecule is C[C@H]1OC(=O)[C@@H]2C[C@@H]3CCCC[C@H]3[C@H](/C=C/c3ccc(-c4ccc(Cl)s4)cn3)[C@H]12. The average molecular weight is 428 g/mol. The lowest BCUT2D eigenvalue weighted by molar-refractivity contribution is -0.144. The monoisotopic (exact) mass is 427 g/mol. The van der Waals surface area contributed by atoms with Crippen LogP contribution >= 0.6 is 22.9 Å². The van der Waals surface area contributed by atoms with Crippen molar-refractivity contribution in [2.45, 2.75) is 45.1 Å². The van der Waals surface area contributed by atoms with Crippen LogP contribution in [0.15, 0.2) is 36.5 Å². The molecule has 0 unspecified atom stereocenters. The number of carbonyl (C=O) groups is 1. The van der Waals surface area contributed by atoms with Gasteiger partial charge in [0.25, 0.3) is 0 Å². The number of ether oxygens (including phenoxy) is 1. The second kappa shape index (κ2) is 7.88. The van der Waals surface area contributed by atoms with E-state index in [1.165, 1.54) is 25.7 Å². The molecule has 0 radical (unpaired) electrons. The first kappa shape index (κ1) is 19.3. The minimum Gasteiger partial charge on any atom is -0.462 e. The third-order valence-electron chi connectivity index (χ3n) is 7.21. The lowest BCUT2D eigenvalue weighted by atomic mass is 9.57. The van der Waals surface area contributed by atoms with Crippen LogP contribution in [0.3, 0.4) is 0 Å². The molecule has 2 aliphatic carbocycles. The third kappa shape index (κ3) is 3.66. The number of carbonyl (C=O) groups excluding carboxylic acids is 1. The van der Waals surface area contributed by atoms with E-state index < -0.39 is 0 Å². The lowest BCUT2D eigenvalue weighted by Gasteiger charge is -2.45. The highest BCUT2D eigenvalue weighted by atomic mass is 35.5. The van der Waals surface area contributed by atoms with Crippen molar-refractivity contribution in [2.24, 2.45) is 29.6 Å². The maximum Gasteiger partial charge on any atom is 0.309 e. The average Bonchev–Trinajstić information content (AvgIpc) is 3.29. The molecule has 0 aromatic carbocycles. The number of hydrogen-bond donors (Lipinski definition) is 0. The minimum atomic E-state index is 0.0175. The van der Waals surface area contributed by atoms with E-state index in [1.54, 1.807) is 11.3 Å². The molecule has 3 heterocycles. The zero-order chi connectivity index (χ0) is 20.0. The van der Waals surface area contributed by atoms with Gasteiger partial charge in [0.05, 0.1) is 15.9 Å². The summed E-state index contributed by atoms with van der Waals surface area (Å²) in [6.45, 7) is 2.08. The number of pyridine rings is 1. The van der Waals surface area contributed by atoms with Gasteiger partial charge in [-0.05, 0) is 67.9 Å². The molecule has 5 heteroatoms. The highest BCUT2D eigenvalue weighted by Crippen LogP contribution is 2.53. The number of halogens is 1. The molecule has 6 atom stereocenters. The van der Waals surface area contributed by atoms with Gasteiger partial charge in [-0.15, -0.1) is 11.3 Å². The van der Waals surface area contributed by atoms with Gasteiger partial charge in [0.1, 0.15) is 6.10 Å². The second-order valence-electron chi connectivity index (χ2n) is 8.78. The van der Waals surface area contributed by atoms with Gasteiger partial charge in [0.2, 0.25) is 0 Å². The molecule has 0 amide bonds. The molecule has 2 aromatic heterocycles. The van der Waals surface area contributed by atoms with Gasteiger partial charge in [0.15, 0.2) is 0 Å². The van der Waals surface area contributed by atoms with Crippen molar-refractivity contribution in [1.82, 2.24) is 4.98 Å². The largest absolute Gasteiger partial charge is 0.462 e. The number of allylic oxidation sites excluding steroid dienone is 1. The second-order valence-corrected chi connectivity index (χ2v) is 10.5. The van der Waals surface area contributed by atoms with E-state index in [2.05, 4.69) is 36.2 Å². The number of aromatic nitrogens is 1. The van der Waals surface area contributed by atoms with Crippen molar-refractivity contribution in [3.05, 3.63) is 46.6 Å². The van der Waals surface area contributed by atoms with E-state index in [0.29, 0.717) is 23.7 Å². The first-order valence-corrected chi connectivity index (χ1v) is 11.9. The first-order valence-electron chi connectivity index (χ1n) is 10.7. The van der Waals surface area contributed by atoms with Gasteiger partial charge in [-0.3, -0.25) is 9.78 Å². The maximum absolute atomic E-state index is 12.4. The van der Waals surface area contributed by atoms with E-state index in [4.69, 9.17) is 16.3 Å². The van der Waals surface area contributed by atoms with Crippen LogP contribution in [0.2, 0.25) is 4.34 Å². The van der Waals surface area contributed by atoms with Crippen molar-refractivity contribution in [2.75, 3.05) is 0 Å². The van der Waals surface area contributed by atoms with Gasteiger partial charge < -0.3 is 4.74 Å². The Hall–Kier alpha value is -1.65. The summed E-state index contributed by atoms with van der Waals surface area (Å²) in [6, 6.07) is 8.12. The highest BCUT2D eigenvalue weighted by molar-refractivity contribution is 7.19.